The van der Waals surface area contributed by atoms with Crippen LogP contribution in [0, 0.1) is 0 Å². The van der Waals surface area contributed by atoms with Crippen LogP contribution in [0.15, 0.2) is 10.7 Å². The van der Waals surface area contributed by atoms with Gasteiger partial charge in [0.2, 0.25) is 0 Å². The number of carbonyl (C=O) groups is 1. The number of rotatable bonds is 8. The number of aryl methyl sites for hydroxylation is 1. The molecule has 0 aliphatic carbocycles. The van der Waals surface area contributed by atoms with Crippen LogP contribution in [0.5, 0.6) is 0 Å². The van der Waals surface area contributed by atoms with Crippen molar-refractivity contribution in [3.05, 3.63) is 16.4 Å². The molecule has 0 saturated heterocycles. The van der Waals surface area contributed by atoms with Crippen LogP contribution in [0.2, 0.25) is 0 Å². The smallest absolute Gasteiger partial charge is 0.272 e. The first-order chi connectivity index (χ1) is 9.12. The standard InChI is InChI=1S/C13H23BrN4O/c1-4-17(5-2)9-7-8-15-13(19)12-11(14)10-18(6-3)16-12/h10H,4-9H2,1-3H3,(H,15,19). The Hall–Kier alpha value is -0.880. The number of hydrogen-bond acceptors (Lipinski definition) is 3. The summed E-state index contributed by atoms with van der Waals surface area (Å²) in [6, 6.07) is 0. The van der Waals surface area contributed by atoms with E-state index in [0.717, 1.165) is 37.1 Å². The molecule has 0 saturated carbocycles. The second kappa shape index (κ2) is 8.32. The third-order valence-electron chi connectivity index (χ3n) is 3.09. The first-order valence-corrected chi connectivity index (χ1v) is 7.65. The zero-order valence-electron chi connectivity index (χ0n) is 11.9. The molecule has 5 nitrogen and oxygen atoms in total. The Balaban J connectivity index is 2.36. The molecule has 6 heteroatoms. The summed E-state index contributed by atoms with van der Waals surface area (Å²) in [7, 11) is 0. The molecule has 0 unspecified atom stereocenters. The minimum Gasteiger partial charge on any atom is -0.351 e. The van der Waals surface area contributed by atoms with Crippen molar-refractivity contribution in [2.75, 3.05) is 26.2 Å². The van der Waals surface area contributed by atoms with Gasteiger partial charge in [-0.2, -0.15) is 5.10 Å². The lowest BCUT2D eigenvalue weighted by molar-refractivity contribution is 0.0945. The highest BCUT2D eigenvalue weighted by molar-refractivity contribution is 9.10. The zero-order chi connectivity index (χ0) is 14.3. The Morgan fingerprint density at radius 1 is 1.42 bits per heavy atom. The average Bonchev–Trinajstić information content (AvgIpc) is 2.80. The van der Waals surface area contributed by atoms with Gasteiger partial charge in [-0.1, -0.05) is 13.8 Å². The molecule has 0 spiro atoms. The highest BCUT2D eigenvalue weighted by atomic mass is 79.9. The fraction of sp³-hybridized carbons (Fsp3) is 0.692. The molecule has 0 fully saturated rings. The summed E-state index contributed by atoms with van der Waals surface area (Å²) in [6.45, 7) is 10.8. The van der Waals surface area contributed by atoms with Crippen molar-refractivity contribution in [2.24, 2.45) is 0 Å². The molecule has 0 aliphatic rings. The summed E-state index contributed by atoms with van der Waals surface area (Å²) in [4.78, 5) is 14.3. The fourth-order valence-corrected chi connectivity index (χ4v) is 2.34. The van der Waals surface area contributed by atoms with Gasteiger partial charge in [0.25, 0.3) is 5.91 Å². The van der Waals surface area contributed by atoms with Crippen LogP contribution >= 0.6 is 15.9 Å². The third-order valence-corrected chi connectivity index (χ3v) is 3.67. The van der Waals surface area contributed by atoms with Crippen LogP contribution in [-0.4, -0.2) is 46.8 Å². The SMILES string of the molecule is CCN(CC)CCCNC(=O)c1nn(CC)cc1Br. The molecule has 0 atom stereocenters. The van der Waals surface area contributed by atoms with E-state index in [9.17, 15) is 4.79 Å². The van der Waals surface area contributed by atoms with Crippen LogP contribution in [0.3, 0.4) is 0 Å². The lowest BCUT2D eigenvalue weighted by Crippen LogP contribution is -2.30. The molecular weight excluding hydrogens is 308 g/mol. The summed E-state index contributed by atoms with van der Waals surface area (Å²) in [6.07, 6.45) is 2.78. The zero-order valence-corrected chi connectivity index (χ0v) is 13.5. The summed E-state index contributed by atoms with van der Waals surface area (Å²) < 4.78 is 2.49. The van der Waals surface area contributed by atoms with E-state index < -0.39 is 0 Å². The molecule has 1 heterocycles. The molecule has 108 valence electrons. The van der Waals surface area contributed by atoms with Gasteiger partial charge < -0.3 is 10.2 Å². The van der Waals surface area contributed by atoms with Gasteiger partial charge in [-0.15, -0.1) is 0 Å². The predicted octanol–water partition coefficient (Wildman–Crippen LogP) is 2.13. The van der Waals surface area contributed by atoms with Gasteiger partial charge in [-0.25, -0.2) is 0 Å². The molecule has 0 radical (unpaired) electrons. The van der Waals surface area contributed by atoms with Crippen molar-refractivity contribution in [3.8, 4) is 0 Å². The number of hydrogen-bond donors (Lipinski definition) is 1. The van der Waals surface area contributed by atoms with Crippen LogP contribution in [0.1, 0.15) is 37.7 Å². The van der Waals surface area contributed by atoms with Gasteiger partial charge in [-0.3, -0.25) is 9.48 Å². The lowest BCUT2D eigenvalue weighted by atomic mass is 10.3. The van der Waals surface area contributed by atoms with Crippen LogP contribution < -0.4 is 5.32 Å². The number of halogens is 1. The third kappa shape index (κ3) is 4.95. The minimum absolute atomic E-state index is 0.112. The highest BCUT2D eigenvalue weighted by Crippen LogP contribution is 2.14. The van der Waals surface area contributed by atoms with Crippen LogP contribution in [0.4, 0.5) is 0 Å². The van der Waals surface area contributed by atoms with Crippen molar-refractivity contribution in [1.82, 2.24) is 20.0 Å². The molecule has 1 rings (SSSR count). The van der Waals surface area contributed by atoms with E-state index in [4.69, 9.17) is 0 Å². The van der Waals surface area contributed by atoms with Crippen molar-refractivity contribution in [2.45, 2.75) is 33.7 Å². The van der Waals surface area contributed by atoms with Crippen molar-refractivity contribution in [3.63, 3.8) is 0 Å². The molecule has 1 aromatic heterocycles. The number of carbonyl (C=O) groups excluding carboxylic acids is 1. The maximum Gasteiger partial charge on any atom is 0.272 e. The molecule has 1 N–H and O–H groups in total. The molecule has 0 aliphatic heterocycles. The maximum absolute atomic E-state index is 11.9. The Labute approximate surface area is 123 Å². The number of amides is 1. The summed E-state index contributed by atoms with van der Waals surface area (Å²) in [5.74, 6) is -0.112. The predicted molar refractivity (Wildman–Crippen MR) is 80.3 cm³/mol. The average molecular weight is 331 g/mol. The van der Waals surface area contributed by atoms with Gasteiger partial charge in [0.1, 0.15) is 0 Å². The lowest BCUT2D eigenvalue weighted by Gasteiger charge is -2.17. The number of aromatic nitrogens is 2. The summed E-state index contributed by atoms with van der Waals surface area (Å²) in [5, 5.41) is 7.13. The van der Waals surface area contributed by atoms with E-state index >= 15 is 0 Å². The van der Waals surface area contributed by atoms with E-state index in [1.165, 1.54) is 0 Å². The van der Waals surface area contributed by atoms with Gasteiger partial charge in [0.05, 0.1) is 4.47 Å². The Morgan fingerprint density at radius 2 is 2.11 bits per heavy atom. The van der Waals surface area contributed by atoms with Gasteiger partial charge >= 0.3 is 0 Å². The van der Waals surface area contributed by atoms with Crippen molar-refractivity contribution in [1.29, 1.82) is 0 Å². The summed E-state index contributed by atoms with van der Waals surface area (Å²) in [5.41, 5.74) is 0.463. The molecule has 0 aromatic carbocycles. The van der Waals surface area contributed by atoms with E-state index in [2.05, 4.69) is 45.1 Å². The van der Waals surface area contributed by atoms with Gasteiger partial charge in [-0.05, 0) is 48.9 Å². The van der Waals surface area contributed by atoms with Crippen LogP contribution in [0.25, 0.3) is 0 Å². The first kappa shape index (κ1) is 16.2. The summed E-state index contributed by atoms with van der Waals surface area (Å²) >= 11 is 3.36. The topological polar surface area (TPSA) is 50.2 Å². The molecule has 1 amide bonds. The second-order valence-corrected chi connectivity index (χ2v) is 5.17. The van der Waals surface area contributed by atoms with Gasteiger partial charge in [0.15, 0.2) is 5.69 Å². The van der Waals surface area contributed by atoms with Crippen molar-refractivity contribution >= 4 is 21.8 Å². The first-order valence-electron chi connectivity index (χ1n) is 6.85. The molecular formula is C13H23BrN4O. The van der Waals surface area contributed by atoms with E-state index in [-0.39, 0.29) is 5.91 Å². The largest absolute Gasteiger partial charge is 0.351 e. The normalized spacial score (nSPS) is 11.0. The van der Waals surface area contributed by atoms with E-state index in [0.29, 0.717) is 12.2 Å². The highest BCUT2D eigenvalue weighted by Gasteiger charge is 2.14. The monoisotopic (exact) mass is 330 g/mol. The number of nitrogens with one attached hydrogen (secondary N) is 1. The number of nitrogens with zero attached hydrogens (tertiary/aromatic N) is 3. The quantitative estimate of drug-likeness (QED) is 0.743. The Bertz CT molecular complexity index is 401. The Kier molecular flexibility index (Phi) is 7.09. The maximum atomic E-state index is 11.9. The molecule has 19 heavy (non-hydrogen) atoms. The van der Waals surface area contributed by atoms with Crippen molar-refractivity contribution < 1.29 is 4.79 Å². The van der Waals surface area contributed by atoms with Crippen LogP contribution in [-0.2, 0) is 6.54 Å². The second-order valence-electron chi connectivity index (χ2n) is 4.32. The van der Waals surface area contributed by atoms with E-state index in [1.54, 1.807) is 4.68 Å². The Morgan fingerprint density at radius 3 is 2.63 bits per heavy atom. The molecule has 1 aromatic rings. The van der Waals surface area contributed by atoms with Gasteiger partial charge in [0, 0.05) is 19.3 Å². The fourth-order valence-electron chi connectivity index (χ4n) is 1.84. The van der Waals surface area contributed by atoms with E-state index in [1.807, 2.05) is 13.1 Å². The molecule has 0 bridgehead atoms. The minimum atomic E-state index is -0.112.